The predicted molar refractivity (Wildman–Crippen MR) is 137 cm³/mol. The average molecular weight is 468 g/mol. The molecule has 3 heterocycles. The molecule has 7 heteroatoms. The molecule has 4 aromatic rings. The van der Waals surface area contributed by atoms with E-state index in [4.69, 9.17) is 0 Å². The second-order valence-electron chi connectivity index (χ2n) is 8.97. The second kappa shape index (κ2) is 9.62. The van der Waals surface area contributed by atoms with Crippen LogP contribution in [0.15, 0.2) is 73.1 Å². The molecule has 0 bridgehead atoms. The van der Waals surface area contributed by atoms with Crippen LogP contribution in [-0.2, 0) is 6.54 Å². The van der Waals surface area contributed by atoms with Crippen LogP contribution in [0, 0.1) is 13.8 Å². The molecule has 2 aromatic heterocycles. The fraction of sp³-hybridized carbons (Fsp3) is 0.250. The number of piperazine rings is 1. The number of hydrogen-bond acceptors (Lipinski definition) is 4. The maximum atomic E-state index is 13.4. The summed E-state index contributed by atoms with van der Waals surface area (Å²) in [7, 11) is 0. The third kappa shape index (κ3) is 4.62. The second-order valence-corrected chi connectivity index (χ2v) is 8.97. The van der Waals surface area contributed by atoms with E-state index in [1.807, 2.05) is 41.4 Å². The summed E-state index contributed by atoms with van der Waals surface area (Å²) in [6, 6.07) is 19.3. The van der Waals surface area contributed by atoms with Crippen molar-refractivity contribution in [2.45, 2.75) is 20.4 Å². The maximum absolute atomic E-state index is 13.4. The Labute approximate surface area is 205 Å². The molecule has 0 saturated carbocycles. The average Bonchev–Trinajstić information content (AvgIpc) is 3.32. The molecule has 7 nitrogen and oxygen atoms in total. The first kappa shape index (κ1) is 22.7. The van der Waals surface area contributed by atoms with E-state index in [0.717, 1.165) is 24.2 Å². The van der Waals surface area contributed by atoms with Crippen molar-refractivity contribution < 1.29 is 9.59 Å². The van der Waals surface area contributed by atoms with Gasteiger partial charge in [-0.1, -0.05) is 30.3 Å². The van der Waals surface area contributed by atoms with Gasteiger partial charge in [0.1, 0.15) is 0 Å². The Morgan fingerprint density at radius 1 is 0.943 bits per heavy atom. The van der Waals surface area contributed by atoms with E-state index in [0.29, 0.717) is 30.8 Å². The van der Waals surface area contributed by atoms with E-state index in [2.05, 4.69) is 47.4 Å². The van der Waals surface area contributed by atoms with Gasteiger partial charge in [0.05, 0.1) is 17.3 Å². The van der Waals surface area contributed by atoms with Crippen molar-refractivity contribution in [3.8, 4) is 0 Å². The number of aromatic nitrogens is 2. The van der Waals surface area contributed by atoms with Crippen LogP contribution in [0.3, 0.4) is 0 Å². The molecular formula is C28H29N5O2. The zero-order valence-corrected chi connectivity index (χ0v) is 20.1. The van der Waals surface area contributed by atoms with Gasteiger partial charge < -0.3 is 15.1 Å². The number of benzene rings is 2. The van der Waals surface area contributed by atoms with Crippen molar-refractivity contribution in [1.82, 2.24) is 19.8 Å². The van der Waals surface area contributed by atoms with Crippen LogP contribution in [-0.4, -0.2) is 52.5 Å². The lowest BCUT2D eigenvalue weighted by Crippen LogP contribution is -2.49. The third-order valence-corrected chi connectivity index (χ3v) is 6.79. The molecule has 178 valence electrons. The number of carbonyl (C=O) groups is 2. The van der Waals surface area contributed by atoms with E-state index in [1.54, 1.807) is 22.8 Å². The van der Waals surface area contributed by atoms with Crippen LogP contribution >= 0.6 is 0 Å². The molecule has 1 fully saturated rings. The first-order valence-corrected chi connectivity index (χ1v) is 11.9. The van der Waals surface area contributed by atoms with Gasteiger partial charge in [0.25, 0.3) is 11.8 Å². The van der Waals surface area contributed by atoms with Crippen LogP contribution in [0.2, 0.25) is 0 Å². The number of fused-ring (bicyclic) bond motifs is 1. The summed E-state index contributed by atoms with van der Waals surface area (Å²) in [5.41, 5.74) is 6.69. The van der Waals surface area contributed by atoms with Crippen molar-refractivity contribution in [3.63, 3.8) is 0 Å². The third-order valence-electron chi connectivity index (χ3n) is 6.79. The number of pyridine rings is 1. The predicted octanol–water partition coefficient (Wildman–Crippen LogP) is 3.84. The van der Waals surface area contributed by atoms with E-state index in [9.17, 15) is 9.59 Å². The Kier molecular flexibility index (Phi) is 6.23. The van der Waals surface area contributed by atoms with Gasteiger partial charge in [-0.3, -0.25) is 9.59 Å². The molecule has 0 atom stereocenters. The van der Waals surface area contributed by atoms with Gasteiger partial charge in [0.15, 0.2) is 0 Å². The van der Waals surface area contributed by atoms with Gasteiger partial charge in [0, 0.05) is 50.2 Å². The van der Waals surface area contributed by atoms with Gasteiger partial charge in [0.2, 0.25) is 0 Å². The topological polar surface area (TPSA) is 69.9 Å². The number of anilines is 1. The van der Waals surface area contributed by atoms with Crippen molar-refractivity contribution in [2.24, 2.45) is 0 Å². The Balaban J connectivity index is 1.27. The van der Waals surface area contributed by atoms with Gasteiger partial charge in [-0.05, 0) is 60.9 Å². The molecular weight excluding hydrogens is 438 g/mol. The molecule has 5 rings (SSSR count). The highest BCUT2D eigenvalue weighted by atomic mass is 16.2. The molecule has 1 N–H and O–H groups in total. The molecule has 2 aromatic carbocycles. The first-order valence-electron chi connectivity index (χ1n) is 11.9. The summed E-state index contributed by atoms with van der Waals surface area (Å²) in [6.07, 6.45) is 3.47. The Morgan fingerprint density at radius 3 is 2.49 bits per heavy atom. The Bertz CT molecular complexity index is 1370. The summed E-state index contributed by atoms with van der Waals surface area (Å²) in [5, 5.41) is 7.32. The largest absolute Gasteiger partial charge is 0.368 e. The summed E-state index contributed by atoms with van der Waals surface area (Å²) >= 11 is 0. The van der Waals surface area contributed by atoms with Crippen LogP contribution in [0.1, 0.15) is 37.4 Å². The molecule has 0 spiro atoms. The molecule has 0 aliphatic carbocycles. The number of carbonyl (C=O) groups excluding carboxylic acids is 2. The molecule has 1 aliphatic heterocycles. The minimum Gasteiger partial charge on any atom is -0.368 e. The lowest BCUT2D eigenvalue weighted by atomic mass is 10.1. The van der Waals surface area contributed by atoms with E-state index < -0.39 is 0 Å². The smallest absolute Gasteiger partial charge is 0.257 e. The zero-order valence-electron chi connectivity index (χ0n) is 20.1. The van der Waals surface area contributed by atoms with Gasteiger partial charge >= 0.3 is 0 Å². The number of hydrogen-bond donors (Lipinski definition) is 1. The molecule has 2 amide bonds. The standard InChI is InChI=1S/C28H29N5O2/c1-20-7-6-10-25(21(20)2)31-13-15-32(16-14-31)28(35)24-19-30-33-12-11-22(17-26(24)33)18-29-27(34)23-8-4-3-5-9-23/h3-12,17,19H,13-16,18H2,1-2H3,(H,29,34). The summed E-state index contributed by atoms with van der Waals surface area (Å²) in [5.74, 6) is -0.136. The minimum atomic E-state index is -0.128. The van der Waals surface area contributed by atoms with Crippen LogP contribution in [0.25, 0.3) is 5.52 Å². The Hall–Kier alpha value is -4.13. The van der Waals surface area contributed by atoms with Crippen LogP contribution in [0.5, 0.6) is 0 Å². The van der Waals surface area contributed by atoms with Crippen molar-refractivity contribution >= 4 is 23.0 Å². The van der Waals surface area contributed by atoms with Gasteiger partial charge in [-0.15, -0.1) is 0 Å². The number of aryl methyl sites for hydroxylation is 1. The molecule has 0 unspecified atom stereocenters. The molecule has 1 aliphatic rings. The normalized spacial score (nSPS) is 13.8. The lowest BCUT2D eigenvalue weighted by molar-refractivity contribution is 0.0748. The van der Waals surface area contributed by atoms with Gasteiger partial charge in [-0.2, -0.15) is 5.10 Å². The summed E-state index contributed by atoms with van der Waals surface area (Å²) < 4.78 is 1.71. The monoisotopic (exact) mass is 467 g/mol. The minimum absolute atomic E-state index is 0.00825. The van der Waals surface area contributed by atoms with Crippen LogP contribution < -0.4 is 10.2 Å². The lowest BCUT2D eigenvalue weighted by Gasteiger charge is -2.37. The summed E-state index contributed by atoms with van der Waals surface area (Å²) in [6.45, 7) is 7.58. The van der Waals surface area contributed by atoms with Crippen molar-refractivity contribution in [2.75, 3.05) is 31.1 Å². The number of nitrogens with one attached hydrogen (secondary N) is 1. The highest BCUT2D eigenvalue weighted by molar-refractivity contribution is 6.01. The van der Waals surface area contributed by atoms with E-state index in [1.165, 1.54) is 16.8 Å². The fourth-order valence-corrected chi connectivity index (χ4v) is 4.57. The van der Waals surface area contributed by atoms with Gasteiger partial charge in [-0.25, -0.2) is 4.52 Å². The fourth-order valence-electron chi connectivity index (χ4n) is 4.57. The quantitative estimate of drug-likeness (QED) is 0.484. The van der Waals surface area contributed by atoms with E-state index >= 15 is 0 Å². The summed E-state index contributed by atoms with van der Waals surface area (Å²) in [4.78, 5) is 30.0. The zero-order chi connectivity index (χ0) is 24.4. The highest BCUT2D eigenvalue weighted by Crippen LogP contribution is 2.24. The highest BCUT2D eigenvalue weighted by Gasteiger charge is 2.25. The maximum Gasteiger partial charge on any atom is 0.257 e. The van der Waals surface area contributed by atoms with E-state index in [-0.39, 0.29) is 11.8 Å². The first-order chi connectivity index (χ1) is 17.0. The molecule has 0 radical (unpaired) electrons. The molecule has 1 saturated heterocycles. The number of rotatable bonds is 5. The number of nitrogens with zero attached hydrogens (tertiary/aromatic N) is 4. The van der Waals surface area contributed by atoms with Crippen molar-refractivity contribution in [3.05, 3.63) is 101 Å². The van der Waals surface area contributed by atoms with Crippen molar-refractivity contribution in [1.29, 1.82) is 0 Å². The Morgan fingerprint density at radius 2 is 1.71 bits per heavy atom. The molecule has 35 heavy (non-hydrogen) atoms. The SMILES string of the molecule is Cc1cccc(N2CCN(C(=O)c3cnn4ccc(CNC(=O)c5ccccc5)cc34)CC2)c1C. The van der Waals surface area contributed by atoms with Crippen LogP contribution in [0.4, 0.5) is 5.69 Å². The number of amides is 2.